The lowest BCUT2D eigenvalue weighted by atomic mass is 10.1. The van der Waals surface area contributed by atoms with Crippen LogP contribution < -0.4 is 0 Å². The molecule has 0 amide bonds. The van der Waals surface area contributed by atoms with E-state index in [2.05, 4.69) is 0 Å². The number of hydrogen-bond donors (Lipinski definition) is 0. The zero-order valence-corrected chi connectivity index (χ0v) is 10.5. The van der Waals surface area contributed by atoms with Gasteiger partial charge in [-0.15, -0.1) is 0 Å². The fraction of sp³-hybridized carbons (Fsp3) is 0.750. The Kier molecular flexibility index (Phi) is 2.93. The average molecular weight is 256 g/mol. The fourth-order valence-electron chi connectivity index (χ4n) is 2.47. The Hall–Kier alpha value is -1.43. The van der Waals surface area contributed by atoms with Crippen LogP contribution in [0, 0.1) is 11.3 Å². The van der Waals surface area contributed by atoms with Crippen molar-refractivity contribution in [3.8, 4) is 0 Å². The molecule has 1 heterocycles. The first-order valence-corrected chi connectivity index (χ1v) is 5.82. The van der Waals surface area contributed by atoms with Gasteiger partial charge >= 0.3 is 6.16 Å². The number of carbonyl (C=O) groups is 3. The third-order valence-corrected chi connectivity index (χ3v) is 4.01. The molecule has 6 nitrogen and oxygen atoms in total. The van der Waals surface area contributed by atoms with E-state index in [0.29, 0.717) is 6.29 Å². The Morgan fingerprint density at radius 1 is 1.33 bits per heavy atom. The highest BCUT2D eigenvalue weighted by Gasteiger charge is 2.73. The highest BCUT2D eigenvalue weighted by Crippen LogP contribution is 2.61. The minimum atomic E-state index is -1.11. The minimum Gasteiger partial charge on any atom is -0.427 e. The first-order valence-electron chi connectivity index (χ1n) is 5.82. The van der Waals surface area contributed by atoms with Crippen LogP contribution in [-0.4, -0.2) is 43.1 Å². The van der Waals surface area contributed by atoms with Crippen molar-refractivity contribution in [3.05, 3.63) is 0 Å². The van der Waals surface area contributed by atoms with E-state index in [0.717, 1.165) is 6.29 Å². The smallest absolute Gasteiger partial charge is 0.427 e. The van der Waals surface area contributed by atoms with Gasteiger partial charge in [0.2, 0.25) is 0 Å². The van der Waals surface area contributed by atoms with E-state index in [-0.39, 0.29) is 6.61 Å². The van der Waals surface area contributed by atoms with Crippen LogP contribution in [0.5, 0.6) is 0 Å². The molecule has 2 rings (SSSR count). The molecule has 4 atom stereocenters. The maximum absolute atomic E-state index is 11.2. The van der Waals surface area contributed by atoms with Gasteiger partial charge in [0.1, 0.15) is 18.0 Å². The average Bonchev–Trinajstić information content (AvgIpc) is 2.58. The molecule has 0 N–H and O–H groups in total. The second kappa shape index (κ2) is 4.05. The normalized spacial score (nSPS) is 40.8. The Morgan fingerprint density at radius 2 is 2.00 bits per heavy atom. The molecule has 0 radical (unpaired) electrons. The molecule has 0 bridgehead atoms. The summed E-state index contributed by atoms with van der Waals surface area (Å²) >= 11 is 0. The number of carbonyl (C=O) groups excluding carboxylic acids is 3. The highest BCUT2D eigenvalue weighted by molar-refractivity contribution is 5.82. The van der Waals surface area contributed by atoms with E-state index in [4.69, 9.17) is 14.2 Å². The molecule has 6 heteroatoms. The molecule has 100 valence electrons. The quantitative estimate of drug-likeness (QED) is 0.532. The first-order chi connectivity index (χ1) is 8.39. The van der Waals surface area contributed by atoms with Crippen molar-refractivity contribution in [2.75, 3.05) is 6.61 Å². The van der Waals surface area contributed by atoms with Gasteiger partial charge in [0, 0.05) is 5.41 Å². The lowest BCUT2D eigenvalue weighted by Crippen LogP contribution is -2.32. The van der Waals surface area contributed by atoms with E-state index in [1.54, 1.807) is 20.8 Å². The number of rotatable bonds is 5. The molecule has 0 aromatic heterocycles. The third kappa shape index (κ3) is 1.63. The SMILES string of the molecule is CC1OC(=O)OC1COC1(C=O)C(C=O)C1(C)C. The summed E-state index contributed by atoms with van der Waals surface area (Å²) < 4.78 is 15.2. The molecule has 2 aliphatic rings. The summed E-state index contributed by atoms with van der Waals surface area (Å²) in [4.78, 5) is 33.0. The maximum Gasteiger partial charge on any atom is 0.509 e. The monoisotopic (exact) mass is 256 g/mol. The summed E-state index contributed by atoms with van der Waals surface area (Å²) in [5.41, 5.74) is -1.63. The van der Waals surface area contributed by atoms with Gasteiger partial charge in [-0.3, -0.25) is 0 Å². The van der Waals surface area contributed by atoms with Gasteiger partial charge in [-0.25, -0.2) is 4.79 Å². The summed E-state index contributed by atoms with van der Waals surface area (Å²) in [5, 5.41) is 0. The summed E-state index contributed by atoms with van der Waals surface area (Å²) in [7, 11) is 0. The zero-order valence-electron chi connectivity index (χ0n) is 10.5. The van der Waals surface area contributed by atoms with E-state index in [1.807, 2.05) is 0 Å². The Balaban J connectivity index is 2.00. The molecule has 4 unspecified atom stereocenters. The van der Waals surface area contributed by atoms with Crippen molar-refractivity contribution >= 4 is 18.7 Å². The van der Waals surface area contributed by atoms with E-state index in [1.165, 1.54) is 0 Å². The molecule has 18 heavy (non-hydrogen) atoms. The highest BCUT2D eigenvalue weighted by atomic mass is 16.8. The summed E-state index contributed by atoms with van der Waals surface area (Å²) in [6.45, 7) is 5.31. The van der Waals surface area contributed by atoms with Crippen LogP contribution in [0.1, 0.15) is 20.8 Å². The van der Waals surface area contributed by atoms with Gasteiger partial charge in [0.05, 0.1) is 12.5 Å². The van der Waals surface area contributed by atoms with Crippen LogP contribution in [0.2, 0.25) is 0 Å². The topological polar surface area (TPSA) is 78.9 Å². The number of hydrogen-bond acceptors (Lipinski definition) is 6. The van der Waals surface area contributed by atoms with Crippen LogP contribution in [-0.2, 0) is 23.8 Å². The summed E-state index contributed by atoms with van der Waals surface area (Å²) in [5.74, 6) is -0.462. The minimum absolute atomic E-state index is 0.0411. The van der Waals surface area contributed by atoms with Crippen LogP contribution in [0.3, 0.4) is 0 Å². The van der Waals surface area contributed by atoms with Gasteiger partial charge < -0.3 is 23.8 Å². The van der Waals surface area contributed by atoms with Gasteiger partial charge in [0.25, 0.3) is 0 Å². The van der Waals surface area contributed by atoms with Gasteiger partial charge in [-0.1, -0.05) is 13.8 Å². The second-order valence-electron chi connectivity index (χ2n) is 5.29. The van der Waals surface area contributed by atoms with Crippen molar-refractivity contribution in [2.24, 2.45) is 11.3 Å². The van der Waals surface area contributed by atoms with Crippen LogP contribution >= 0.6 is 0 Å². The second-order valence-corrected chi connectivity index (χ2v) is 5.29. The summed E-state index contributed by atoms with van der Waals surface area (Å²) in [6, 6.07) is 0. The molecular weight excluding hydrogens is 240 g/mol. The van der Waals surface area contributed by atoms with Crippen molar-refractivity contribution in [3.63, 3.8) is 0 Å². The predicted octanol–water partition coefficient (Wildman–Crippen LogP) is 0.719. The van der Waals surface area contributed by atoms with Crippen LogP contribution in [0.15, 0.2) is 0 Å². The maximum atomic E-state index is 11.2. The Bertz CT molecular complexity index is 390. The van der Waals surface area contributed by atoms with Crippen molar-refractivity contribution in [2.45, 2.75) is 38.6 Å². The summed E-state index contributed by atoms with van der Waals surface area (Å²) in [6.07, 6.45) is -0.308. The van der Waals surface area contributed by atoms with Gasteiger partial charge in [0.15, 0.2) is 12.4 Å². The number of ether oxygens (including phenoxy) is 3. The lowest BCUT2D eigenvalue weighted by molar-refractivity contribution is -0.129. The molecule has 0 spiro atoms. The van der Waals surface area contributed by atoms with E-state index < -0.39 is 35.3 Å². The molecule has 1 aliphatic heterocycles. The van der Waals surface area contributed by atoms with Crippen molar-refractivity contribution in [1.29, 1.82) is 0 Å². The molecule has 1 saturated heterocycles. The van der Waals surface area contributed by atoms with Crippen molar-refractivity contribution in [1.82, 2.24) is 0 Å². The molecular formula is C12H16O6. The standard InChI is InChI=1S/C12H16O6/c1-7-8(18-10(15)17-7)5-16-12(6-14)9(4-13)11(12,2)3/h4,6-9H,5H2,1-3H3. The Labute approximate surface area is 105 Å². The van der Waals surface area contributed by atoms with Crippen LogP contribution in [0.4, 0.5) is 4.79 Å². The molecule has 1 aliphatic carbocycles. The van der Waals surface area contributed by atoms with Gasteiger partial charge in [-0.05, 0) is 6.92 Å². The largest absolute Gasteiger partial charge is 0.509 e. The number of cyclic esters (lactones) is 2. The predicted molar refractivity (Wildman–Crippen MR) is 58.9 cm³/mol. The first kappa shape index (κ1) is 13.0. The molecule has 2 fully saturated rings. The van der Waals surface area contributed by atoms with Gasteiger partial charge in [-0.2, -0.15) is 0 Å². The lowest BCUT2D eigenvalue weighted by Gasteiger charge is -2.18. The van der Waals surface area contributed by atoms with Crippen LogP contribution in [0.25, 0.3) is 0 Å². The zero-order chi connectivity index (χ0) is 13.6. The Morgan fingerprint density at radius 3 is 2.39 bits per heavy atom. The van der Waals surface area contributed by atoms with Crippen molar-refractivity contribution < 1.29 is 28.6 Å². The number of aldehydes is 2. The fourth-order valence-corrected chi connectivity index (χ4v) is 2.47. The molecule has 0 aromatic rings. The molecule has 1 saturated carbocycles. The van der Waals surface area contributed by atoms with E-state index >= 15 is 0 Å². The third-order valence-electron chi connectivity index (χ3n) is 4.01. The molecule has 0 aromatic carbocycles. The van der Waals surface area contributed by atoms with E-state index in [9.17, 15) is 14.4 Å².